The summed E-state index contributed by atoms with van der Waals surface area (Å²) in [5.74, 6) is 0. The van der Waals surface area contributed by atoms with Gasteiger partial charge in [-0.3, -0.25) is 0 Å². The van der Waals surface area contributed by atoms with Crippen molar-refractivity contribution in [3.8, 4) is 0 Å². The van der Waals surface area contributed by atoms with Crippen LogP contribution in [-0.2, 0) is 0 Å². The van der Waals surface area contributed by atoms with Crippen LogP contribution in [0.15, 0.2) is 158 Å². The SMILES string of the molecule is Cc1ccc(C(c2ccc(C)cc2)N2C=[N+](C(c3ccc(C)cc3)c3ccc(C)cc3)[C@@H](c3ccccc3)[C@@H]2c2ccccc2)cc1. The molecule has 6 aromatic carbocycles. The van der Waals surface area contributed by atoms with E-state index in [2.05, 4.69) is 201 Å². The van der Waals surface area contributed by atoms with Crippen molar-refractivity contribution in [3.05, 3.63) is 213 Å². The van der Waals surface area contributed by atoms with Crippen LogP contribution in [0, 0.1) is 27.7 Å². The van der Waals surface area contributed by atoms with Gasteiger partial charge in [0.05, 0.1) is 0 Å². The summed E-state index contributed by atoms with van der Waals surface area (Å²) in [6, 6.07) is 58.8. The summed E-state index contributed by atoms with van der Waals surface area (Å²) in [4.78, 5) is 2.64. The molecule has 1 heterocycles. The Balaban J connectivity index is 1.52. The summed E-state index contributed by atoms with van der Waals surface area (Å²) >= 11 is 0. The molecule has 1 aliphatic heterocycles. The van der Waals surface area contributed by atoms with E-state index < -0.39 is 0 Å². The molecule has 2 atom stereocenters. The van der Waals surface area contributed by atoms with Gasteiger partial charge in [-0.15, -0.1) is 0 Å². The summed E-state index contributed by atoms with van der Waals surface area (Å²) in [6.45, 7) is 8.67. The monoisotopic (exact) mass is 611 g/mol. The third kappa shape index (κ3) is 6.29. The van der Waals surface area contributed by atoms with Crippen molar-refractivity contribution in [3.63, 3.8) is 0 Å². The van der Waals surface area contributed by atoms with E-state index >= 15 is 0 Å². The molecule has 6 aromatic rings. The van der Waals surface area contributed by atoms with Crippen molar-refractivity contribution in [2.45, 2.75) is 51.9 Å². The first kappa shape index (κ1) is 30.4. The second-order valence-electron chi connectivity index (χ2n) is 13.2. The lowest BCUT2D eigenvalue weighted by Crippen LogP contribution is -2.31. The zero-order chi connectivity index (χ0) is 32.3. The van der Waals surface area contributed by atoms with Gasteiger partial charge in [-0.05, 0) is 27.7 Å². The largest absolute Gasteiger partial charge is 0.245 e. The van der Waals surface area contributed by atoms with E-state index in [0.717, 1.165) is 0 Å². The summed E-state index contributed by atoms with van der Waals surface area (Å²) in [6.07, 6.45) is 2.45. The van der Waals surface area contributed by atoms with Crippen molar-refractivity contribution in [1.29, 1.82) is 0 Å². The fourth-order valence-corrected chi connectivity index (χ4v) is 7.16. The molecule has 0 saturated heterocycles. The van der Waals surface area contributed by atoms with Gasteiger partial charge in [0.2, 0.25) is 6.34 Å². The second kappa shape index (κ2) is 13.3. The minimum Gasteiger partial charge on any atom is -0.245 e. The fraction of sp³-hybridized carbons (Fsp3) is 0.178. The molecular formula is C45H43N2+. The normalized spacial score (nSPS) is 16.1. The lowest BCUT2D eigenvalue weighted by molar-refractivity contribution is -0.596. The van der Waals surface area contributed by atoms with E-state index in [4.69, 9.17) is 0 Å². The third-order valence-electron chi connectivity index (χ3n) is 9.66. The highest BCUT2D eigenvalue weighted by molar-refractivity contribution is 5.59. The van der Waals surface area contributed by atoms with Crippen molar-refractivity contribution < 1.29 is 4.58 Å². The highest BCUT2D eigenvalue weighted by Gasteiger charge is 2.50. The van der Waals surface area contributed by atoms with E-state index in [0.29, 0.717) is 0 Å². The van der Waals surface area contributed by atoms with Crippen LogP contribution in [0.2, 0.25) is 0 Å². The molecule has 0 spiro atoms. The average molecular weight is 612 g/mol. The maximum Gasteiger partial charge on any atom is 0.237 e. The summed E-state index contributed by atoms with van der Waals surface area (Å²) in [7, 11) is 0. The van der Waals surface area contributed by atoms with Gasteiger partial charge in [-0.1, -0.05) is 180 Å². The van der Waals surface area contributed by atoms with E-state index in [1.807, 2.05) is 0 Å². The Kier molecular flexibility index (Phi) is 8.59. The third-order valence-corrected chi connectivity index (χ3v) is 9.66. The van der Waals surface area contributed by atoms with Crippen LogP contribution in [0.4, 0.5) is 0 Å². The summed E-state index contributed by atoms with van der Waals surface area (Å²) in [5.41, 5.74) is 12.8. The van der Waals surface area contributed by atoms with Crippen LogP contribution >= 0.6 is 0 Å². The lowest BCUT2D eigenvalue weighted by atomic mass is 9.87. The van der Waals surface area contributed by atoms with Crippen molar-refractivity contribution in [2.24, 2.45) is 0 Å². The van der Waals surface area contributed by atoms with Crippen LogP contribution in [0.3, 0.4) is 0 Å². The second-order valence-corrected chi connectivity index (χ2v) is 13.2. The first-order valence-corrected chi connectivity index (χ1v) is 16.7. The number of benzene rings is 6. The fourth-order valence-electron chi connectivity index (χ4n) is 7.16. The number of aryl methyl sites for hydroxylation is 4. The Bertz CT molecular complexity index is 1850. The molecule has 0 bridgehead atoms. The Labute approximate surface area is 280 Å². The van der Waals surface area contributed by atoms with E-state index in [1.165, 1.54) is 55.6 Å². The Hall–Kier alpha value is -5.21. The van der Waals surface area contributed by atoms with E-state index in [-0.39, 0.29) is 24.2 Å². The molecule has 47 heavy (non-hydrogen) atoms. The predicted octanol–water partition coefficient (Wildman–Crippen LogP) is 10.6. The highest BCUT2D eigenvalue weighted by atomic mass is 15.3. The molecule has 0 unspecified atom stereocenters. The smallest absolute Gasteiger partial charge is 0.237 e. The molecule has 2 nitrogen and oxygen atoms in total. The Morgan fingerprint density at radius 1 is 0.426 bits per heavy atom. The number of nitrogens with zero attached hydrogens (tertiary/aromatic N) is 2. The lowest BCUT2D eigenvalue weighted by Gasteiger charge is -2.31. The van der Waals surface area contributed by atoms with Crippen LogP contribution in [0.5, 0.6) is 0 Å². The quantitative estimate of drug-likeness (QED) is 0.155. The first-order valence-electron chi connectivity index (χ1n) is 16.7. The molecular weight excluding hydrogens is 569 g/mol. The molecule has 232 valence electrons. The van der Waals surface area contributed by atoms with Crippen LogP contribution in [-0.4, -0.2) is 15.8 Å². The minimum absolute atomic E-state index is 0.00861. The van der Waals surface area contributed by atoms with Gasteiger partial charge >= 0.3 is 0 Å². The van der Waals surface area contributed by atoms with Crippen LogP contribution in [0.25, 0.3) is 0 Å². The molecule has 0 aromatic heterocycles. The van der Waals surface area contributed by atoms with Crippen LogP contribution < -0.4 is 0 Å². The number of hydrogen-bond acceptors (Lipinski definition) is 1. The number of rotatable bonds is 8. The van der Waals surface area contributed by atoms with E-state index in [9.17, 15) is 0 Å². The van der Waals surface area contributed by atoms with Gasteiger partial charge in [0.25, 0.3) is 0 Å². The molecule has 7 rings (SSSR count). The molecule has 1 aliphatic rings. The molecule has 0 radical (unpaired) electrons. The molecule has 2 heteroatoms. The molecule has 0 amide bonds. The van der Waals surface area contributed by atoms with Gasteiger partial charge in [0.1, 0.15) is 12.1 Å². The van der Waals surface area contributed by atoms with Gasteiger partial charge in [0.15, 0.2) is 12.1 Å². The van der Waals surface area contributed by atoms with Crippen molar-refractivity contribution in [1.82, 2.24) is 4.90 Å². The first-order chi connectivity index (χ1) is 23.0. The van der Waals surface area contributed by atoms with Gasteiger partial charge < -0.3 is 0 Å². The van der Waals surface area contributed by atoms with E-state index in [1.54, 1.807) is 0 Å². The van der Waals surface area contributed by atoms with Crippen LogP contribution in [0.1, 0.15) is 79.8 Å². The standard InChI is InChI=1S/C45H43N2/c1-32-15-23-38(24-16-32)42(39-25-17-33(2)18-26-39)46-31-47(43(40-27-19-34(3)20-28-40)41-29-21-35(4)22-30-41)45(37-13-9-6-10-14-37)44(46)36-11-7-5-8-12-36/h5-31,42-45H,1-4H3/q+1/t44-,45-/m0/s1. The van der Waals surface area contributed by atoms with Crippen molar-refractivity contribution in [2.75, 3.05) is 0 Å². The molecule has 0 saturated carbocycles. The zero-order valence-electron chi connectivity index (χ0n) is 27.8. The molecule has 0 N–H and O–H groups in total. The van der Waals surface area contributed by atoms with Gasteiger partial charge in [-0.25, -0.2) is 9.48 Å². The Morgan fingerprint density at radius 3 is 1.19 bits per heavy atom. The summed E-state index contributed by atoms with van der Waals surface area (Å²) < 4.78 is 2.64. The van der Waals surface area contributed by atoms with Crippen molar-refractivity contribution >= 4 is 6.34 Å². The zero-order valence-corrected chi connectivity index (χ0v) is 27.8. The molecule has 0 aliphatic carbocycles. The topological polar surface area (TPSA) is 6.25 Å². The Morgan fingerprint density at radius 2 is 0.787 bits per heavy atom. The maximum absolute atomic E-state index is 2.64. The average Bonchev–Trinajstić information content (AvgIpc) is 3.48. The minimum atomic E-state index is 0.00861. The summed E-state index contributed by atoms with van der Waals surface area (Å²) in [5, 5.41) is 0. The highest BCUT2D eigenvalue weighted by Crippen LogP contribution is 2.49. The predicted molar refractivity (Wildman–Crippen MR) is 195 cm³/mol. The van der Waals surface area contributed by atoms with Gasteiger partial charge in [0, 0.05) is 33.4 Å². The maximum atomic E-state index is 2.64. The molecule has 0 fully saturated rings. The van der Waals surface area contributed by atoms with Gasteiger partial charge in [-0.2, -0.15) is 0 Å². The number of hydrogen-bond donors (Lipinski definition) is 0.